The Labute approximate surface area is 195 Å². The van der Waals surface area contributed by atoms with Crippen molar-refractivity contribution in [2.75, 3.05) is 18.5 Å². The Morgan fingerprint density at radius 2 is 2.00 bits per heavy atom. The molecular weight excluding hydrogens is 448 g/mol. The normalized spacial score (nSPS) is 21.8. The largest absolute Gasteiger partial charge is 0.376 e. The van der Waals surface area contributed by atoms with Crippen LogP contribution in [0.25, 0.3) is 0 Å². The number of carbonyl (C=O) groups is 2. The van der Waals surface area contributed by atoms with E-state index in [0.29, 0.717) is 24.4 Å². The number of aliphatic imine (C=N–C) groups is 1. The van der Waals surface area contributed by atoms with Gasteiger partial charge in [0, 0.05) is 19.1 Å². The number of carbonyl (C=O) groups excluding carboxylic acids is 2. The van der Waals surface area contributed by atoms with Crippen molar-refractivity contribution in [2.45, 2.75) is 44.5 Å². The number of amides is 2. The van der Waals surface area contributed by atoms with Crippen LogP contribution in [0.3, 0.4) is 0 Å². The van der Waals surface area contributed by atoms with E-state index >= 15 is 0 Å². The first kappa shape index (κ1) is 23.4. The fraction of sp³-hybridized carbons (Fsp3) is 0.375. The molecule has 2 heterocycles. The summed E-state index contributed by atoms with van der Waals surface area (Å²) in [5.74, 6) is -2.36. The van der Waals surface area contributed by atoms with Gasteiger partial charge in [0.2, 0.25) is 11.8 Å². The Morgan fingerprint density at radius 3 is 2.67 bits per heavy atom. The zero-order valence-electron chi connectivity index (χ0n) is 18.4. The number of nitrogens with zero attached hydrogens (tertiary/aromatic N) is 2. The molecule has 6 nitrogen and oxygen atoms in total. The molecule has 0 bridgehead atoms. The molecule has 2 aliphatic rings. The molecule has 0 spiro atoms. The van der Waals surface area contributed by atoms with Crippen molar-refractivity contribution < 1.29 is 23.1 Å². The predicted molar refractivity (Wildman–Crippen MR) is 125 cm³/mol. The molecular formula is C24H25F2N3O3S. The number of hydrogen-bond acceptors (Lipinski definition) is 5. The van der Waals surface area contributed by atoms with Crippen LogP contribution in [-0.4, -0.2) is 46.4 Å². The minimum Gasteiger partial charge on any atom is -0.376 e. The van der Waals surface area contributed by atoms with Gasteiger partial charge in [-0.3, -0.25) is 14.5 Å². The van der Waals surface area contributed by atoms with Crippen molar-refractivity contribution in [3.8, 4) is 0 Å². The summed E-state index contributed by atoms with van der Waals surface area (Å²) in [4.78, 5) is 32.2. The number of anilines is 1. The van der Waals surface area contributed by atoms with Crippen LogP contribution in [-0.2, 0) is 14.3 Å². The van der Waals surface area contributed by atoms with E-state index in [1.807, 2.05) is 32.0 Å². The average molecular weight is 474 g/mol. The predicted octanol–water partition coefficient (Wildman–Crippen LogP) is 4.72. The van der Waals surface area contributed by atoms with Gasteiger partial charge in [-0.2, -0.15) is 0 Å². The minimum atomic E-state index is -0.869. The molecule has 1 N–H and O–H groups in total. The molecule has 0 aliphatic carbocycles. The zero-order valence-corrected chi connectivity index (χ0v) is 19.3. The average Bonchev–Trinajstić information content (AvgIpc) is 3.37. The summed E-state index contributed by atoms with van der Waals surface area (Å²) in [6, 6.07) is 8.79. The Balaban J connectivity index is 1.54. The molecule has 2 fully saturated rings. The van der Waals surface area contributed by atoms with Crippen molar-refractivity contribution in [2.24, 2.45) is 4.99 Å². The third-order valence-corrected chi connectivity index (χ3v) is 6.83. The molecule has 2 atom stereocenters. The molecule has 0 radical (unpaired) electrons. The maximum Gasteiger partial charge on any atom is 0.242 e. The van der Waals surface area contributed by atoms with Crippen LogP contribution in [0, 0.1) is 25.5 Å². The number of para-hydroxylation sites is 1. The molecule has 4 rings (SSSR count). The molecule has 2 aromatic rings. The fourth-order valence-corrected chi connectivity index (χ4v) is 5.08. The first-order chi connectivity index (χ1) is 15.8. The number of nitrogens with one attached hydrogen (secondary N) is 1. The van der Waals surface area contributed by atoms with Gasteiger partial charge in [-0.1, -0.05) is 30.0 Å². The van der Waals surface area contributed by atoms with E-state index in [1.165, 1.54) is 11.8 Å². The molecule has 2 aromatic carbocycles. The number of halogens is 2. The van der Waals surface area contributed by atoms with Crippen molar-refractivity contribution in [1.82, 2.24) is 4.90 Å². The van der Waals surface area contributed by atoms with Gasteiger partial charge < -0.3 is 10.1 Å². The molecule has 0 saturated carbocycles. The van der Waals surface area contributed by atoms with Gasteiger partial charge in [-0.25, -0.2) is 13.8 Å². The number of hydrogen-bond donors (Lipinski definition) is 1. The number of thioether (sulfide) groups is 1. The molecule has 33 heavy (non-hydrogen) atoms. The van der Waals surface area contributed by atoms with Crippen LogP contribution in [0.4, 0.5) is 20.2 Å². The van der Waals surface area contributed by atoms with Crippen molar-refractivity contribution >= 4 is 40.1 Å². The van der Waals surface area contributed by atoms with Crippen LogP contribution in [0.2, 0.25) is 0 Å². The lowest BCUT2D eigenvalue weighted by Gasteiger charge is -2.20. The van der Waals surface area contributed by atoms with E-state index in [-0.39, 0.29) is 24.1 Å². The summed E-state index contributed by atoms with van der Waals surface area (Å²) < 4.78 is 32.7. The van der Waals surface area contributed by atoms with E-state index in [4.69, 9.17) is 9.73 Å². The highest BCUT2D eigenvalue weighted by atomic mass is 32.2. The van der Waals surface area contributed by atoms with Gasteiger partial charge in [-0.15, -0.1) is 0 Å². The van der Waals surface area contributed by atoms with Gasteiger partial charge >= 0.3 is 0 Å². The molecule has 2 unspecified atom stereocenters. The lowest BCUT2D eigenvalue weighted by Crippen LogP contribution is -2.38. The zero-order chi connectivity index (χ0) is 23.5. The van der Waals surface area contributed by atoms with E-state index in [9.17, 15) is 18.4 Å². The van der Waals surface area contributed by atoms with E-state index < -0.39 is 22.8 Å². The van der Waals surface area contributed by atoms with Crippen LogP contribution in [0.15, 0.2) is 41.4 Å². The summed E-state index contributed by atoms with van der Waals surface area (Å²) in [5.41, 5.74) is 2.64. The highest BCUT2D eigenvalue weighted by Crippen LogP contribution is 2.34. The molecule has 174 valence electrons. The second-order valence-electron chi connectivity index (χ2n) is 8.20. The smallest absolute Gasteiger partial charge is 0.242 e. The van der Waals surface area contributed by atoms with Gasteiger partial charge in [-0.05, 0) is 49.9 Å². The highest BCUT2D eigenvalue weighted by molar-refractivity contribution is 8.15. The van der Waals surface area contributed by atoms with Crippen LogP contribution in [0.1, 0.15) is 30.4 Å². The third kappa shape index (κ3) is 5.42. The molecule has 0 aromatic heterocycles. The standard InChI is InChI=1S/C24H25F2N3O3S/c1-14-5-3-6-15(2)22(14)28-24-29(13-17-7-4-10-32-17)23(31)20(33-24)12-21(30)27-19-9-8-16(25)11-18(19)26/h3,5-6,8-9,11,17,20H,4,7,10,12-13H2,1-2H3,(H,27,30). The van der Waals surface area contributed by atoms with Crippen LogP contribution >= 0.6 is 11.8 Å². The van der Waals surface area contributed by atoms with Crippen LogP contribution < -0.4 is 5.32 Å². The van der Waals surface area contributed by atoms with Crippen LogP contribution in [0.5, 0.6) is 0 Å². The van der Waals surface area contributed by atoms with E-state index in [2.05, 4.69) is 5.32 Å². The molecule has 2 amide bonds. The van der Waals surface area contributed by atoms with Crippen molar-refractivity contribution in [3.05, 3.63) is 59.2 Å². The summed E-state index contributed by atoms with van der Waals surface area (Å²) in [6.07, 6.45) is 1.57. The fourth-order valence-electron chi connectivity index (χ4n) is 3.92. The number of aryl methyl sites for hydroxylation is 2. The Bertz CT molecular complexity index is 1080. The van der Waals surface area contributed by atoms with E-state index in [1.54, 1.807) is 4.90 Å². The Hall–Kier alpha value is -2.78. The number of benzene rings is 2. The topological polar surface area (TPSA) is 71.0 Å². The molecule has 2 aliphatic heterocycles. The molecule has 2 saturated heterocycles. The lowest BCUT2D eigenvalue weighted by molar-refractivity contribution is -0.129. The van der Waals surface area contributed by atoms with Gasteiger partial charge in [0.05, 0.1) is 24.0 Å². The number of rotatable bonds is 6. The van der Waals surface area contributed by atoms with Gasteiger partial charge in [0.25, 0.3) is 0 Å². The maximum absolute atomic E-state index is 13.9. The third-order valence-electron chi connectivity index (χ3n) is 5.65. The second-order valence-corrected chi connectivity index (χ2v) is 9.37. The van der Waals surface area contributed by atoms with Gasteiger partial charge in [0.1, 0.15) is 16.9 Å². The number of amidine groups is 1. The Morgan fingerprint density at radius 1 is 1.24 bits per heavy atom. The SMILES string of the molecule is Cc1cccc(C)c1N=C1SC(CC(=O)Nc2ccc(F)cc2F)C(=O)N1CC1CCCO1. The van der Waals surface area contributed by atoms with E-state index in [0.717, 1.165) is 41.8 Å². The monoisotopic (exact) mass is 473 g/mol. The summed E-state index contributed by atoms with van der Waals surface area (Å²) in [5, 5.41) is 2.26. The first-order valence-corrected chi connectivity index (χ1v) is 11.7. The molecule has 9 heteroatoms. The summed E-state index contributed by atoms with van der Waals surface area (Å²) in [6.45, 7) is 4.96. The second kappa shape index (κ2) is 10.0. The van der Waals surface area contributed by atoms with Crippen molar-refractivity contribution in [3.63, 3.8) is 0 Å². The Kier molecular flexibility index (Phi) is 7.09. The lowest BCUT2D eigenvalue weighted by atomic mass is 10.1. The number of ether oxygens (including phenoxy) is 1. The summed E-state index contributed by atoms with van der Waals surface area (Å²) >= 11 is 1.22. The highest BCUT2D eigenvalue weighted by Gasteiger charge is 2.40. The quantitative estimate of drug-likeness (QED) is 0.659. The minimum absolute atomic E-state index is 0.0707. The maximum atomic E-state index is 13.9. The van der Waals surface area contributed by atoms with Crippen molar-refractivity contribution in [1.29, 1.82) is 0 Å². The van der Waals surface area contributed by atoms with Gasteiger partial charge in [0.15, 0.2) is 5.17 Å². The summed E-state index contributed by atoms with van der Waals surface area (Å²) in [7, 11) is 0. The first-order valence-electron chi connectivity index (χ1n) is 10.8.